The van der Waals surface area contributed by atoms with Crippen LogP contribution in [0.4, 0.5) is 0 Å². The van der Waals surface area contributed by atoms with E-state index in [-0.39, 0.29) is 41.7 Å². The molecule has 0 spiro atoms. The zero-order valence-electron chi connectivity index (χ0n) is 28.1. The van der Waals surface area contributed by atoms with E-state index in [9.17, 15) is 40.5 Å². The maximum atomic E-state index is 12.5. The minimum Gasteiger partial charge on any atom is -0.458 e. The number of hydrogen-bond donors (Lipinski definition) is 7. The quantitative estimate of drug-likeness (QED) is 0.150. The molecular formula is C35H54O13. The van der Waals surface area contributed by atoms with Crippen LogP contribution in [-0.2, 0) is 28.5 Å². The lowest BCUT2D eigenvalue weighted by atomic mass is 9.42. The summed E-state index contributed by atoms with van der Waals surface area (Å²) in [6, 6.07) is 0. The number of aliphatic hydroxyl groups excluding tert-OH is 5. The third-order valence-corrected chi connectivity index (χ3v) is 14.2. The molecule has 7 aliphatic rings. The van der Waals surface area contributed by atoms with Crippen molar-refractivity contribution < 1.29 is 64.2 Å². The summed E-state index contributed by atoms with van der Waals surface area (Å²) in [4.78, 5) is 11.9. The Labute approximate surface area is 281 Å². The molecule has 48 heavy (non-hydrogen) atoms. The summed E-state index contributed by atoms with van der Waals surface area (Å²) in [5.41, 5.74) is -1.60. The molecule has 13 nitrogen and oxygen atoms in total. The molecular weight excluding hydrogens is 628 g/mol. The highest BCUT2D eigenvalue weighted by Gasteiger charge is 2.70. The predicted molar refractivity (Wildman–Crippen MR) is 166 cm³/mol. The zero-order valence-corrected chi connectivity index (χ0v) is 28.1. The van der Waals surface area contributed by atoms with Crippen molar-refractivity contribution in [2.45, 2.75) is 158 Å². The fourth-order valence-electron chi connectivity index (χ4n) is 11.3. The molecule has 17 atom stereocenters. The monoisotopic (exact) mass is 682 g/mol. The van der Waals surface area contributed by atoms with Crippen molar-refractivity contribution in [3.05, 3.63) is 11.6 Å². The molecule has 3 aliphatic heterocycles. The molecule has 0 bridgehead atoms. The first kappa shape index (κ1) is 35.2. The summed E-state index contributed by atoms with van der Waals surface area (Å²) in [5, 5.41) is 76.0. The number of fused-ring (bicyclic) bond motifs is 5. The van der Waals surface area contributed by atoms with E-state index in [4.69, 9.17) is 23.7 Å². The molecule has 0 radical (unpaired) electrons. The van der Waals surface area contributed by atoms with E-state index in [2.05, 4.69) is 13.8 Å². The van der Waals surface area contributed by atoms with Gasteiger partial charge in [-0.3, -0.25) is 0 Å². The van der Waals surface area contributed by atoms with Gasteiger partial charge in [0.25, 0.3) is 0 Å². The van der Waals surface area contributed by atoms with Crippen LogP contribution in [0.1, 0.15) is 85.0 Å². The minimum absolute atomic E-state index is 0.0564. The number of rotatable bonds is 6. The molecule has 272 valence electrons. The minimum atomic E-state index is -1.60. The molecule has 0 aromatic heterocycles. The molecule has 13 heteroatoms. The van der Waals surface area contributed by atoms with Crippen molar-refractivity contribution in [1.82, 2.24) is 0 Å². The van der Waals surface area contributed by atoms with Gasteiger partial charge in [0.2, 0.25) is 0 Å². The van der Waals surface area contributed by atoms with E-state index >= 15 is 0 Å². The normalized spacial score (nSPS) is 55.3. The molecule has 0 aromatic rings. The van der Waals surface area contributed by atoms with E-state index in [0.717, 1.165) is 31.3 Å². The van der Waals surface area contributed by atoms with Crippen LogP contribution < -0.4 is 0 Å². The van der Waals surface area contributed by atoms with E-state index in [1.165, 1.54) is 0 Å². The number of hydrogen-bond acceptors (Lipinski definition) is 13. The lowest BCUT2D eigenvalue weighted by molar-refractivity contribution is -0.345. The number of carbonyl (C=O) groups excluding carboxylic acids is 1. The Morgan fingerprint density at radius 3 is 2.29 bits per heavy atom. The average Bonchev–Trinajstić information content (AvgIpc) is 3.58. The molecule has 6 fully saturated rings. The second kappa shape index (κ2) is 12.5. The smallest absolute Gasteiger partial charge is 0.331 e. The summed E-state index contributed by atoms with van der Waals surface area (Å²) in [7, 11) is 0. The number of cyclic esters (lactones) is 1. The fourth-order valence-corrected chi connectivity index (χ4v) is 11.3. The highest BCUT2D eigenvalue weighted by atomic mass is 16.7. The SMILES string of the molecule is C[C@H]1O[C@@H](O[C@H]2CC[C@]3(C)[C@H]4CC[C@]5(C)[C@@H](C6=CC(=O)OC6)CC[C@]5(O)[C@@H]4CC[C@]3(O)C2)C[C@@H](O)[C@@H]1O[C@@H]1O[C@H](CO)[C@@H](O)[C@H](O)[C@H]1O. The van der Waals surface area contributed by atoms with Gasteiger partial charge in [0.05, 0.1) is 36.1 Å². The Morgan fingerprint density at radius 1 is 0.875 bits per heavy atom. The second-order valence-corrected chi connectivity index (χ2v) is 16.4. The number of aliphatic hydroxyl groups is 7. The van der Waals surface area contributed by atoms with Gasteiger partial charge in [-0.25, -0.2) is 4.79 Å². The summed E-state index contributed by atoms with van der Waals surface area (Å²) < 4.78 is 29.0. The highest BCUT2D eigenvalue weighted by Crippen LogP contribution is 2.70. The average molecular weight is 683 g/mol. The molecule has 2 saturated heterocycles. The Morgan fingerprint density at radius 2 is 1.60 bits per heavy atom. The lowest BCUT2D eigenvalue weighted by Gasteiger charge is -2.66. The maximum absolute atomic E-state index is 12.5. The van der Waals surface area contributed by atoms with Crippen LogP contribution in [0, 0.1) is 28.6 Å². The van der Waals surface area contributed by atoms with E-state index in [1.54, 1.807) is 13.0 Å². The molecule has 7 rings (SSSR count). The van der Waals surface area contributed by atoms with E-state index in [0.29, 0.717) is 38.7 Å². The topological polar surface area (TPSA) is 205 Å². The Balaban J connectivity index is 0.982. The van der Waals surface area contributed by atoms with Crippen molar-refractivity contribution in [3.8, 4) is 0 Å². The molecule has 4 aliphatic carbocycles. The van der Waals surface area contributed by atoms with Crippen molar-refractivity contribution in [2.75, 3.05) is 13.2 Å². The summed E-state index contributed by atoms with van der Waals surface area (Å²) in [5.74, 6) is 0.0253. The van der Waals surface area contributed by atoms with Gasteiger partial charge in [0.1, 0.15) is 37.1 Å². The zero-order chi connectivity index (χ0) is 34.4. The van der Waals surface area contributed by atoms with Crippen LogP contribution in [0.3, 0.4) is 0 Å². The van der Waals surface area contributed by atoms with Gasteiger partial charge in [-0.05, 0) is 87.0 Å². The summed E-state index contributed by atoms with van der Waals surface area (Å²) in [6.07, 6.45) is -2.93. The van der Waals surface area contributed by atoms with Gasteiger partial charge < -0.3 is 59.4 Å². The Hall–Kier alpha value is -1.23. The molecule has 7 N–H and O–H groups in total. The largest absolute Gasteiger partial charge is 0.458 e. The van der Waals surface area contributed by atoms with Crippen molar-refractivity contribution >= 4 is 5.97 Å². The van der Waals surface area contributed by atoms with E-state index in [1.807, 2.05) is 0 Å². The third kappa shape index (κ3) is 5.34. The highest BCUT2D eigenvalue weighted by molar-refractivity contribution is 5.85. The van der Waals surface area contributed by atoms with E-state index < -0.39 is 78.5 Å². The Bertz CT molecular complexity index is 1250. The van der Waals surface area contributed by atoms with Crippen molar-refractivity contribution in [2.24, 2.45) is 28.6 Å². The summed E-state index contributed by atoms with van der Waals surface area (Å²) >= 11 is 0. The first-order chi connectivity index (χ1) is 22.6. The first-order valence-corrected chi connectivity index (χ1v) is 17.9. The predicted octanol–water partition coefficient (Wildman–Crippen LogP) is 0.424. The number of esters is 1. The van der Waals surface area contributed by atoms with Crippen LogP contribution in [0.2, 0.25) is 0 Å². The molecule has 3 heterocycles. The first-order valence-electron chi connectivity index (χ1n) is 17.9. The summed E-state index contributed by atoms with van der Waals surface area (Å²) in [6.45, 7) is 5.80. The second-order valence-electron chi connectivity index (χ2n) is 16.4. The standard InChI is InChI=1S/C35H54O13/c1-17-30(48-31-29(41)28(40)27(39)24(15-36)47-31)23(37)13-26(45-17)46-19-4-8-32(2)21-5-9-33(3)20(18-12-25(38)44-16-18)7-11-35(33,43)22(21)6-10-34(32,42)14-19/h12,17,19-24,26-31,36-37,39-43H,4-11,13-16H2,1-3H3/t17-,19+,20-,21+,22-,23-,24-,26+,27-,28+,29-,30-,31+,32-,33-,34+,35+/m1/s1. The Kier molecular flexibility index (Phi) is 9.14. The van der Waals surface area contributed by atoms with Crippen molar-refractivity contribution in [1.29, 1.82) is 0 Å². The van der Waals surface area contributed by atoms with Gasteiger partial charge in [0, 0.05) is 24.3 Å². The van der Waals surface area contributed by atoms with Crippen molar-refractivity contribution in [3.63, 3.8) is 0 Å². The van der Waals surface area contributed by atoms with Gasteiger partial charge in [-0.2, -0.15) is 0 Å². The van der Waals surface area contributed by atoms with Gasteiger partial charge in [0.15, 0.2) is 12.6 Å². The molecule has 0 aromatic carbocycles. The maximum Gasteiger partial charge on any atom is 0.331 e. The van der Waals surface area contributed by atoms with Gasteiger partial charge in [-0.1, -0.05) is 13.8 Å². The van der Waals surface area contributed by atoms with Crippen LogP contribution >= 0.6 is 0 Å². The number of ether oxygens (including phenoxy) is 5. The van der Waals surface area contributed by atoms with Crippen LogP contribution in [0.5, 0.6) is 0 Å². The molecule has 0 unspecified atom stereocenters. The molecule has 0 amide bonds. The van der Waals surface area contributed by atoms with Gasteiger partial charge in [-0.15, -0.1) is 0 Å². The van der Waals surface area contributed by atoms with Crippen LogP contribution in [-0.4, -0.2) is 128 Å². The van der Waals surface area contributed by atoms with Gasteiger partial charge >= 0.3 is 5.97 Å². The molecule has 4 saturated carbocycles. The van der Waals surface area contributed by atoms with Crippen LogP contribution in [0.15, 0.2) is 11.6 Å². The fraction of sp³-hybridized carbons (Fsp3) is 0.914. The van der Waals surface area contributed by atoms with Crippen LogP contribution in [0.25, 0.3) is 0 Å². The third-order valence-electron chi connectivity index (χ3n) is 14.2. The number of carbonyl (C=O) groups is 1. The lowest BCUT2D eigenvalue weighted by Crippen LogP contribution is -2.67.